The molecule has 2 fully saturated rings. The Morgan fingerprint density at radius 3 is 2.22 bits per heavy atom. The van der Waals surface area contributed by atoms with E-state index in [-0.39, 0.29) is 28.7 Å². The maximum Gasteiger partial charge on any atom is 0.472 e. The first-order valence-electron chi connectivity index (χ1n) is 20.8. The molecule has 1 saturated carbocycles. The van der Waals surface area contributed by atoms with Crippen LogP contribution >= 0.6 is 19.4 Å². The van der Waals surface area contributed by atoms with Crippen LogP contribution in [0.25, 0.3) is 5.52 Å². The van der Waals surface area contributed by atoms with Crippen LogP contribution in [0.2, 0.25) is 5.02 Å². The van der Waals surface area contributed by atoms with E-state index in [9.17, 15) is 34.1 Å². The van der Waals surface area contributed by atoms with Crippen LogP contribution in [0.1, 0.15) is 126 Å². The van der Waals surface area contributed by atoms with Crippen LogP contribution < -0.4 is 5.73 Å². The van der Waals surface area contributed by atoms with Gasteiger partial charge in [-0.15, -0.1) is 0 Å². The summed E-state index contributed by atoms with van der Waals surface area (Å²) in [6.45, 7) is 2.02. The van der Waals surface area contributed by atoms with Gasteiger partial charge in [0.2, 0.25) is 5.60 Å². The van der Waals surface area contributed by atoms with E-state index >= 15 is 0 Å². The van der Waals surface area contributed by atoms with E-state index in [0.717, 1.165) is 38.1 Å². The van der Waals surface area contributed by atoms with Crippen molar-refractivity contribution in [2.45, 2.75) is 145 Å². The van der Waals surface area contributed by atoms with Crippen LogP contribution in [0.4, 0.5) is 10.2 Å². The highest BCUT2D eigenvalue weighted by Gasteiger charge is 2.83. The third kappa shape index (κ3) is 11.4. The standard InChI is InChI=1S/C41H59ClFN6O9P/c1-3-4-5-6-7-8-9-10-11-12-13-14-15-16-17-18-23-55-25-30(48(2)38(50)29-19-20-32(43)31(42)24-29)26-56-59(53,54)58-36-35-41(36,52)39(51)40(27-44,57-35)34-22-21-33-37(45)46-28-47-49(33)34/h19-22,24,28,30,35-36,39,51-52H,3-18,23,25-26H2,1-2H3,(H,53,54)(H2,45,46,47)/t30-,35-,36?,39+,40+,41+/m1/s1. The van der Waals surface area contributed by atoms with Crippen LogP contribution in [0.15, 0.2) is 36.7 Å². The van der Waals surface area contributed by atoms with Crippen molar-refractivity contribution in [1.29, 1.82) is 5.26 Å². The Labute approximate surface area is 350 Å². The molecule has 0 radical (unpaired) electrons. The third-order valence-corrected chi connectivity index (χ3v) is 12.7. The first-order chi connectivity index (χ1) is 28.3. The normalized spacial score (nSPS) is 23.8. The van der Waals surface area contributed by atoms with Gasteiger partial charge in [0.05, 0.1) is 30.0 Å². The molecule has 2 unspecified atom stereocenters. The summed E-state index contributed by atoms with van der Waals surface area (Å²) in [5, 5.41) is 36.6. The number of unbranched alkanes of at least 4 members (excludes halogenated alkanes) is 15. The molecule has 1 aliphatic heterocycles. The molecule has 1 aromatic carbocycles. The van der Waals surface area contributed by atoms with Crippen LogP contribution in [-0.2, 0) is 28.7 Å². The number of aliphatic hydroxyl groups is 2. The van der Waals surface area contributed by atoms with E-state index in [4.69, 9.17) is 35.9 Å². The average Bonchev–Trinajstić information content (AvgIpc) is 3.45. The Hall–Kier alpha value is -3.23. The second kappa shape index (κ2) is 21.5. The number of rotatable bonds is 27. The van der Waals surface area contributed by atoms with Gasteiger partial charge in [-0.1, -0.05) is 115 Å². The Morgan fingerprint density at radius 2 is 1.66 bits per heavy atom. The fourth-order valence-corrected chi connectivity index (χ4v) is 8.87. The molecular weight excluding hydrogens is 806 g/mol. The van der Waals surface area contributed by atoms with Gasteiger partial charge >= 0.3 is 7.82 Å². The number of nitrogens with two attached hydrogens (primary N) is 1. The molecule has 3 heterocycles. The molecule has 18 heteroatoms. The van der Waals surface area contributed by atoms with Gasteiger partial charge in [-0.2, -0.15) is 10.4 Å². The highest BCUT2D eigenvalue weighted by atomic mass is 35.5. The first kappa shape index (κ1) is 46.8. The van der Waals surface area contributed by atoms with Crippen molar-refractivity contribution < 1.29 is 47.4 Å². The topological polar surface area (TPSA) is 215 Å². The Bertz CT molecular complexity index is 1940. The summed E-state index contributed by atoms with van der Waals surface area (Å²) in [7, 11) is -3.55. The molecule has 59 heavy (non-hydrogen) atoms. The Balaban J connectivity index is 1.08. The number of carbonyl (C=O) groups is 1. The molecule has 5 N–H and O–H groups in total. The molecule has 0 bridgehead atoms. The lowest BCUT2D eigenvalue weighted by atomic mass is 9.90. The number of halogens is 2. The van der Waals surface area contributed by atoms with Crippen LogP contribution in [0.3, 0.4) is 0 Å². The number of amides is 1. The monoisotopic (exact) mass is 864 g/mol. The zero-order valence-electron chi connectivity index (χ0n) is 34.0. The number of phosphoric acid groups is 1. The van der Waals surface area contributed by atoms with E-state index in [1.165, 1.54) is 118 Å². The number of nitriles is 1. The van der Waals surface area contributed by atoms with E-state index in [2.05, 4.69) is 17.0 Å². The fourth-order valence-electron chi connectivity index (χ4n) is 7.70. The molecule has 326 valence electrons. The van der Waals surface area contributed by atoms with Crippen molar-refractivity contribution in [2.24, 2.45) is 0 Å². The number of fused-ring (bicyclic) bond motifs is 2. The number of aliphatic hydroxyl groups excluding tert-OH is 1. The zero-order chi connectivity index (χ0) is 42.6. The van der Waals surface area contributed by atoms with Crippen LogP contribution in [-0.4, -0.2) is 97.3 Å². The number of nitrogens with zero attached hydrogens (tertiary/aromatic N) is 5. The molecule has 7 atom stereocenters. The largest absolute Gasteiger partial charge is 0.472 e. The van der Waals surface area contributed by atoms with Crippen molar-refractivity contribution in [1.82, 2.24) is 19.5 Å². The Kier molecular flexibility index (Phi) is 17.1. The molecule has 3 aromatic rings. The number of ether oxygens (including phenoxy) is 2. The smallest absolute Gasteiger partial charge is 0.385 e. The average molecular weight is 865 g/mol. The van der Waals surface area contributed by atoms with Gasteiger partial charge in [0.1, 0.15) is 42.0 Å². The number of hydrogen-bond donors (Lipinski definition) is 4. The van der Waals surface area contributed by atoms with E-state index in [1.54, 1.807) is 0 Å². The summed E-state index contributed by atoms with van der Waals surface area (Å²) in [5.74, 6) is -1.16. The molecule has 5 rings (SSSR count). The van der Waals surface area contributed by atoms with Gasteiger partial charge in [0.15, 0.2) is 11.4 Å². The lowest BCUT2D eigenvalue weighted by molar-refractivity contribution is -0.106. The summed E-state index contributed by atoms with van der Waals surface area (Å²) in [5.41, 5.74) is 1.98. The summed E-state index contributed by atoms with van der Waals surface area (Å²) in [4.78, 5) is 29.3. The van der Waals surface area contributed by atoms with Gasteiger partial charge in [-0.25, -0.2) is 18.5 Å². The predicted molar refractivity (Wildman–Crippen MR) is 219 cm³/mol. The van der Waals surface area contributed by atoms with Crippen LogP contribution in [0, 0.1) is 17.1 Å². The van der Waals surface area contributed by atoms with E-state index in [1.807, 2.05) is 6.07 Å². The predicted octanol–water partition coefficient (Wildman–Crippen LogP) is 7.25. The van der Waals surface area contributed by atoms with Gasteiger partial charge in [0, 0.05) is 19.2 Å². The number of carbonyl (C=O) groups excluding carboxylic acids is 1. The number of nitrogen functional groups attached to an aromatic ring is 1. The number of benzene rings is 1. The van der Waals surface area contributed by atoms with Crippen molar-refractivity contribution in [3.8, 4) is 6.07 Å². The molecule has 2 aliphatic rings. The second-order valence-electron chi connectivity index (χ2n) is 15.7. The maximum absolute atomic E-state index is 13.9. The summed E-state index contributed by atoms with van der Waals surface area (Å²) in [6.07, 6.45) is 16.1. The minimum Gasteiger partial charge on any atom is -0.385 e. The SMILES string of the molecule is CCCCCCCCCCCCCCCCCCOC[C@H](COP(=O)(O)OC1[C@H]2O[C@@](C#N)(c3ccc4c(N)ncnn34)[C@H](O)[C@@]12O)N(C)C(=O)c1ccc(F)c(Cl)c1. The van der Waals surface area contributed by atoms with Gasteiger partial charge in [-0.05, 0) is 36.8 Å². The second-order valence-corrected chi connectivity index (χ2v) is 17.5. The first-order valence-corrected chi connectivity index (χ1v) is 22.7. The van der Waals surface area contributed by atoms with Gasteiger partial charge in [0.25, 0.3) is 5.91 Å². The van der Waals surface area contributed by atoms with Crippen molar-refractivity contribution in [3.63, 3.8) is 0 Å². The fraction of sp³-hybridized carbons (Fsp3) is 0.659. The summed E-state index contributed by atoms with van der Waals surface area (Å²) < 4.78 is 50.7. The minimum absolute atomic E-state index is 0.0528. The molecule has 0 spiro atoms. The van der Waals surface area contributed by atoms with Crippen molar-refractivity contribution in [3.05, 3.63) is 58.8 Å². The summed E-state index contributed by atoms with van der Waals surface area (Å²) in [6, 6.07) is 7.46. The number of anilines is 1. The number of likely N-dealkylation sites (N-methyl/N-ethyl adjacent to an activating group) is 1. The minimum atomic E-state index is -4.99. The quantitative estimate of drug-likeness (QED) is 0.0440. The maximum atomic E-state index is 13.9. The van der Waals surface area contributed by atoms with Crippen LogP contribution in [0.5, 0.6) is 0 Å². The van der Waals surface area contributed by atoms with Crippen molar-refractivity contribution in [2.75, 3.05) is 32.6 Å². The lowest BCUT2D eigenvalue weighted by Gasteiger charge is -2.30. The highest BCUT2D eigenvalue weighted by molar-refractivity contribution is 7.47. The summed E-state index contributed by atoms with van der Waals surface area (Å²) >= 11 is 5.93. The van der Waals surface area contributed by atoms with Crippen molar-refractivity contribution >= 4 is 36.7 Å². The highest BCUT2D eigenvalue weighted by Crippen LogP contribution is 2.63. The number of phosphoric ester groups is 1. The zero-order valence-corrected chi connectivity index (χ0v) is 35.7. The van der Waals surface area contributed by atoms with E-state index in [0.29, 0.717) is 12.1 Å². The molecule has 2 aromatic heterocycles. The molecule has 15 nitrogen and oxygen atoms in total. The molecule has 1 amide bonds. The van der Waals surface area contributed by atoms with Gasteiger partial charge in [-0.3, -0.25) is 13.8 Å². The van der Waals surface area contributed by atoms with Gasteiger partial charge < -0.3 is 35.2 Å². The lowest BCUT2D eigenvalue weighted by Crippen LogP contribution is -2.47. The number of aromatic nitrogens is 3. The molecular formula is C41H59ClFN6O9P. The number of hydrogen-bond acceptors (Lipinski definition) is 12. The molecule has 1 aliphatic carbocycles. The Morgan fingerprint density at radius 1 is 1.05 bits per heavy atom. The third-order valence-electron chi connectivity index (χ3n) is 11.4. The van der Waals surface area contributed by atoms with E-state index < -0.39 is 61.7 Å². The molecule has 1 saturated heterocycles.